The summed E-state index contributed by atoms with van der Waals surface area (Å²) in [6.45, 7) is 7.97. The Labute approximate surface area is 284 Å². The Morgan fingerprint density at radius 3 is 1.40 bits per heavy atom. The van der Waals surface area contributed by atoms with E-state index in [9.17, 15) is 20.2 Å². The standard InChI is InChI=1S/C38H28N6O6/c1-3-19-49-25-9-5-7-23(21-25)35-27-11-15-31(39-27)37(43(45)46)33-17-13-29(41-33)36(24-8-6-10-26(22-24)50-20-4-2)30-14-18-34(42-30)38(44(47)48)32-16-12-28(35)40-32/h3-18,21-22,39,42H,1-2,19-20H2. The summed E-state index contributed by atoms with van der Waals surface area (Å²) in [7, 11) is 0. The van der Waals surface area contributed by atoms with E-state index in [2.05, 4.69) is 23.1 Å². The summed E-state index contributed by atoms with van der Waals surface area (Å²) < 4.78 is 11.5. The van der Waals surface area contributed by atoms with Crippen LogP contribution in [0.2, 0.25) is 0 Å². The molecular weight excluding hydrogens is 636 g/mol. The van der Waals surface area contributed by atoms with Gasteiger partial charge in [0, 0.05) is 22.2 Å². The van der Waals surface area contributed by atoms with Crippen LogP contribution in [0.1, 0.15) is 22.8 Å². The molecule has 246 valence electrons. The fourth-order valence-corrected chi connectivity index (χ4v) is 5.96. The maximum absolute atomic E-state index is 12.7. The summed E-state index contributed by atoms with van der Waals surface area (Å²) in [6, 6.07) is 21.1. The number of benzene rings is 2. The first-order chi connectivity index (χ1) is 24.3. The third-order valence-corrected chi connectivity index (χ3v) is 8.04. The van der Waals surface area contributed by atoms with Crippen molar-refractivity contribution >= 4 is 57.7 Å². The van der Waals surface area contributed by atoms with E-state index in [1.54, 1.807) is 85.0 Å². The van der Waals surface area contributed by atoms with Crippen molar-refractivity contribution < 1.29 is 19.3 Å². The van der Waals surface area contributed by atoms with Gasteiger partial charge >= 0.3 is 11.4 Å². The van der Waals surface area contributed by atoms with Crippen LogP contribution in [0.15, 0.2) is 98.1 Å². The molecule has 0 amide bonds. The van der Waals surface area contributed by atoms with E-state index < -0.39 is 9.85 Å². The number of rotatable bonds is 10. The van der Waals surface area contributed by atoms with Crippen LogP contribution in [0.4, 0.5) is 11.4 Å². The van der Waals surface area contributed by atoms with Gasteiger partial charge in [-0.15, -0.1) is 0 Å². The smallest absolute Gasteiger partial charge is 0.318 e. The SMILES string of the molecule is C=CCOc1cccc(-c2c3nc(c([N+](=O)[O-])c4ccc([nH]4)c(-c4cccc(OCC=C)c4)c4nc(c([N+](=O)[O-])c5ccc2[nH]5)C=C4)C=C3)c1. The molecule has 5 heterocycles. The lowest BCUT2D eigenvalue weighted by atomic mass is 10.0. The number of hydrogen-bond donors (Lipinski definition) is 2. The maximum atomic E-state index is 12.7. The van der Waals surface area contributed by atoms with Gasteiger partial charge in [-0.3, -0.25) is 20.2 Å². The van der Waals surface area contributed by atoms with Gasteiger partial charge in [-0.05, 0) is 84.0 Å². The van der Waals surface area contributed by atoms with Crippen LogP contribution >= 0.6 is 0 Å². The van der Waals surface area contributed by atoms with Gasteiger partial charge in [0.2, 0.25) is 0 Å². The van der Waals surface area contributed by atoms with Crippen molar-refractivity contribution in [1.82, 2.24) is 19.9 Å². The minimum Gasteiger partial charge on any atom is -0.490 e. The van der Waals surface area contributed by atoms with Crippen LogP contribution in [-0.4, -0.2) is 43.0 Å². The highest BCUT2D eigenvalue weighted by Gasteiger charge is 2.24. The molecule has 0 fully saturated rings. The molecule has 2 aliphatic heterocycles. The van der Waals surface area contributed by atoms with Gasteiger partial charge in [0.15, 0.2) is 0 Å². The molecule has 2 N–H and O–H groups in total. The Morgan fingerprint density at radius 1 is 0.600 bits per heavy atom. The van der Waals surface area contributed by atoms with Crippen molar-refractivity contribution in [3.8, 4) is 33.8 Å². The molecule has 2 aromatic carbocycles. The molecule has 0 radical (unpaired) electrons. The van der Waals surface area contributed by atoms with Crippen LogP contribution < -0.4 is 9.47 Å². The lowest BCUT2D eigenvalue weighted by Gasteiger charge is -2.08. The van der Waals surface area contributed by atoms with Crippen molar-refractivity contribution in [2.24, 2.45) is 0 Å². The molecule has 12 heteroatoms. The first-order valence-electron chi connectivity index (χ1n) is 15.5. The van der Waals surface area contributed by atoms with Crippen LogP contribution in [0, 0.1) is 20.2 Å². The predicted molar refractivity (Wildman–Crippen MR) is 194 cm³/mol. The molecule has 2 aliphatic rings. The lowest BCUT2D eigenvalue weighted by molar-refractivity contribution is -0.383. The van der Waals surface area contributed by atoms with Gasteiger partial charge in [-0.2, -0.15) is 0 Å². The monoisotopic (exact) mass is 664 g/mol. The molecule has 5 aromatic rings. The number of ether oxygens (including phenoxy) is 2. The molecule has 0 saturated carbocycles. The first kappa shape index (κ1) is 31.5. The predicted octanol–water partition coefficient (Wildman–Crippen LogP) is 8.94. The van der Waals surface area contributed by atoms with E-state index in [1.165, 1.54) is 0 Å². The molecular formula is C38H28N6O6. The molecule has 0 aliphatic carbocycles. The molecule has 0 unspecified atom stereocenters. The normalized spacial score (nSPS) is 11.7. The van der Waals surface area contributed by atoms with Crippen LogP contribution in [0.3, 0.4) is 0 Å². The lowest BCUT2D eigenvalue weighted by Crippen LogP contribution is -1.95. The summed E-state index contributed by atoms with van der Waals surface area (Å²) in [4.78, 5) is 40.3. The van der Waals surface area contributed by atoms with Gasteiger partial charge in [0.1, 0.15) is 47.1 Å². The van der Waals surface area contributed by atoms with Crippen molar-refractivity contribution in [3.05, 3.63) is 141 Å². The summed E-state index contributed by atoms with van der Waals surface area (Å²) in [5.74, 6) is 1.13. The zero-order valence-corrected chi connectivity index (χ0v) is 26.5. The number of H-pyrrole nitrogens is 2. The van der Waals surface area contributed by atoms with Gasteiger partial charge in [0.25, 0.3) is 0 Å². The Bertz CT molecular complexity index is 2290. The van der Waals surface area contributed by atoms with E-state index in [-0.39, 0.29) is 47.0 Å². The summed E-state index contributed by atoms with van der Waals surface area (Å²) in [6.07, 6.45) is 9.79. The largest absolute Gasteiger partial charge is 0.490 e. The molecule has 8 bridgehead atoms. The van der Waals surface area contributed by atoms with E-state index in [1.807, 2.05) is 24.3 Å². The van der Waals surface area contributed by atoms with Crippen molar-refractivity contribution in [2.75, 3.05) is 13.2 Å². The minimum absolute atomic E-state index is 0.126. The van der Waals surface area contributed by atoms with Crippen molar-refractivity contribution in [3.63, 3.8) is 0 Å². The number of nitrogens with one attached hydrogen (secondary N) is 2. The number of aromatic amines is 2. The maximum Gasteiger partial charge on any atom is 0.318 e. The third-order valence-electron chi connectivity index (χ3n) is 8.04. The summed E-state index contributed by atoms with van der Waals surface area (Å²) in [5.41, 5.74) is 4.49. The third kappa shape index (κ3) is 5.92. The number of nitrogens with zero attached hydrogens (tertiary/aromatic N) is 4. The van der Waals surface area contributed by atoms with Crippen molar-refractivity contribution in [2.45, 2.75) is 0 Å². The highest BCUT2D eigenvalue weighted by atomic mass is 16.6. The van der Waals surface area contributed by atoms with Crippen molar-refractivity contribution in [1.29, 1.82) is 0 Å². The highest BCUT2D eigenvalue weighted by molar-refractivity contribution is 5.96. The van der Waals surface area contributed by atoms with Gasteiger partial charge in [0.05, 0.1) is 21.2 Å². The number of nitro groups is 2. The van der Waals surface area contributed by atoms with E-state index in [0.717, 1.165) is 0 Å². The fourth-order valence-electron chi connectivity index (χ4n) is 5.96. The van der Waals surface area contributed by atoms with Crippen LogP contribution in [-0.2, 0) is 0 Å². The van der Waals surface area contributed by atoms with Gasteiger partial charge in [-0.1, -0.05) is 49.6 Å². The Morgan fingerprint density at radius 2 is 1.00 bits per heavy atom. The van der Waals surface area contributed by atoms with Gasteiger partial charge in [-0.25, -0.2) is 9.97 Å². The molecule has 0 spiro atoms. The quantitative estimate of drug-likeness (QED) is 0.0832. The molecule has 7 rings (SSSR count). The Balaban J connectivity index is 1.61. The molecule has 0 atom stereocenters. The second kappa shape index (κ2) is 13.2. The average Bonchev–Trinajstić information content (AvgIpc) is 3.94. The summed E-state index contributed by atoms with van der Waals surface area (Å²) >= 11 is 0. The number of aromatic nitrogens is 4. The van der Waals surface area contributed by atoms with E-state index in [0.29, 0.717) is 56.2 Å². The fraction of sp³-hybridized carbons (Fsp3) is 0.0526. The topological polar surface area (TPSA) is 162 Å². The Hall–Kier alpha value is -7.08. The minimum atomic E-state index is -0.471. The second-order valence-electron chi connectivity index (χ2n) is 11.2. The Kier molecular flexibility index (Phi) is 8.32. The molecule has 12 nitrogen and oxygen atoms in total. The zero-order valence-electron chi connectivity index (χ0n) is 26.5. The zero-order chi connectivity index (χ0) is 34.8. The van der Waals surface area contributed by atoms with Crippen LogP contribution in [0.5, 0.6) is 11.5 Å². The van der Waals surface area contributed by atoms with E-state index >= 15 is 0 Å². The molecule has 3 aromatic heterocycles. The molecule has 50 heavy (non-hydrogen) atoms. The van der Waals surface area contributed by atoms with E-state index in [4.69, 9.17) is 19.4 Å². The summed E-state index contributed by atoms with van der Waals surface area (Å²) in [5, 5.41) is 25.3. The molecule has 0 saturated heterocycles. The average molecular weight is 665 g/mol. The first-order valence-corrected chi connectivity index (χ1v) is 15.5. The number of hydrogen-bond acceptors (Lipinski definition) is 8. The second-order valence-corrected chi connectivity index (χ2v) is 11.2. The number of fused-ring (bicyclic) bond motifs is 8. The highest BCUT2D eigenvalue weighted by Crippen LogP contribution is 2.38. The van der Waals surface area contributed by atoms with Crippen LogP contribution in [0.25, 0.3) is 68.6 Å². The van der Waals surface area contributed by atoms with Gasteiger partial charge < -0.3 is 19.4 Å².